The number of benzene rings is 1. The average Bonchev–Trinajstić information content (AvgIpc) is 3.49. The van der Waals surface area contributed by atoms with Gasteiger partial charge in [0.1, 0.15) is 12.4 Å². The van der Waals surface area contributed by atoms with Crippen molar-refractivity contribution in [3.05, 3.63) is 59.4 Å². The van der Waals surface area contributed by atoms with E-state index in [1.54, 1.807) is 11.9 Å². The monoisotopic (exact) mass is 517 g/mol. The van der Waals surface area contributed by atoms with Gasteiger partial charge < -0.3 is 14.4 Å². The molecular formula is C24H26F3N7O3. The molecule has 1 aromatic carbocycles. The molecule has 2 saturated heterocycles. The minimum atomic E-state index is -4.41. The molecule has 0 radical (unpaired) electrons. The standard InChI is InChI=1S/C24H26F3N7O3/c1-33-21(30-31-32-33)29-22(35)34-10-8-23(9-11-34)12-17(14-37-23)16-2-6-20(7-3-16)36-15-19-5-4-18(13-28-19)24(25,26)27/h2-7,13,17H,8-12,14-15H2,1H3,(H,29,30,32,35). The highest BCUT2D eigenvalue weighted by Crippen LogP contribution is 2.43. The Bertz CT molecular complexity index is 1220. The van der Waals surface area contributed by atoms with Crippen LogP contribution < -0.4 is 10.1 Å². The second-order valence-electron chi connectivity index (χ2n) is 9.33. The molecule has 196 valence electrons. The third-order valence-corrected chi connectivity index (χ3v) is 6.90. The SMILES string of the molecule is Cn1nnnc1NC(=O)N1CCC2(CC1)CC(c1ccc(OCc3ccc(C(F)(F)F)cn3)cc1)CO2. The number of hydrogen-bond donors (Lipinski definition) is 1. The van der Waals surface area contributed by atoms with E-state index in [4.69, 9.17) is 9.47 Å². The number of anilines is 1. The van der Waals surface area contributed by atoms with Gasteiger partial charge in [-0.3, -0.25) is 10.3 Å². The Balaban J connectivity index is 1.10. The Morgan fingerprint density at radius 3 is 2.57 bits per heavy atom. The lowest BCUT2D eigenvalue weighted by molar-refractivity contribution is -0.137. The molecule has 0 saturated carbocycles. The third kappa shape index (κ3) is 5.66. The highest BCUT2D eigenvalue weighted by Gasteiger charge is 2.43. The maximum Gasteiger partial charge on any atom is 0.417 e. The van der Waals surface area contributed by atoms with Crippen LogP contribution in [0.15, 0.2) is 42.6 Å². The van der Waals surface area contributed by atoms with Crippen LogP contribution in [0.3, 0.4) is 0 Å². The number of aryl methyl sites for hydroxylation is 1. The molecule has 2 aliphatic rings. The largest absolute Gasteiger partial charge is 0.487 e. The topological polar surface area (TPSA) is 107 Å². The Labute approximate surface area is 210 Å². The number of carbonyl (C=O) groups excluding carboxylic acids is 1. The quantitative estimate of drug-likeness (QED) is 0.549. The first kappa shape index (κ1) is 24.9. The summed E-state index contributed by atoms with van der Waals surface area (Å²) in [4.78, 5) is 18.1. The van der Waals surface area contributed by atoms with Crippen molar-refractivity contribution in [3.63, 3.8) is 0 Å². The summed E-state index contributed by atoms with van der Waals surface area (Å²) < 4.78 is 51.4. The number of likely N-dealkylation sites (tertiary alicyclic amines) is 1. The molecule has 3 aromatic rings. The summed E-state index contributed by atoms with van der Waals surface area (Å²) in [5.74, 6) is 1.14. The van der Waals surface area contributed by atoms with Crippen LogP contribution in [0.1, 0.15) is 42.0 Å². The maximum absolute atomic E-state index is 12.7. The van der Waals surface area contributed by atoms with Crippen LogP contribution in [0, 0.1) is 0 Å². The smallest absolute Gasteiger partial charge is 0.417 e. The van der Waals surface area contributed by atoms with Gasteiger partial charge in [0.2, 0.25) is 0 Å². The third-order valence-electron chi connectivity index (χ3n) is 6.90. The predicted molar refractivity (Wildman–Crippen MR) is 125 cm³/mol. The van der Waals surface area contributed by atoms with Crippen molar-refractivity contribution in [1.29, 1.82) is 0 Å². The summed E-state index contributed by atoms with van der Waals surface area (Å²) in [7, 11) is 1.66. The van der Waals surface area contributed by atoms with Crippen LogP contribution in [0.2, 0.25) is 0 Å². The summed E-state index contributed by atoms with van der Waals surface area (Å²) in [6.45, 7) is 1.83. The molecule has 37 heavy (non-hydrogen) atoms. The van der Waals surface area contributed by atoms with Crippen molar-refractivity contribution in [3.8, 4) is 5.75 Å². The minimum absolute atomic E-state index is 0.0738. The summed E-state index contributed by atoms with van der Waals surface area (Å²) in [5.41, 5.74) is 0.505. The van der Waals surface area contributed by atoms with Crippen molar-refractivity contribution in [2.45, 2.75) is 43.6 Å². The molecule has 0 aliphatic carbocycles. The number of hydrogen-bond acceptors (Lipinski definition) is 7. The van der Waals surface area contributed by atoms with E-state index >= 15 is 0 Å². The van der Waals surface area contributed by atoms with E-state index in [2.05, 4.69) is 25.8 Å². The summed E-state index contributed by atoms with van der Waals surface area (Å²) in [6, 6.07) is 9.74. The average molecular weight is 518 g/mol. The van der Waals surface area contributed by atoms with E-state index < -0.39 is 11.7 Å². The fourth-order valence-corrected chi connectivity index (χ4v) is 4.71. The summed E-state index contributed by atoms with van der Waals surface area (Å²) in [5, 5.41) is 13.7. The first-order chi connectivity index (χ1) is 17.7. The molecule has 1 N–H and O–H groups in total. The second kappa shape index (κ2) is 9.96. The Morgan fingerprint density at radius 2 is 1.95 bits per heavy atom. The van der Waals surface area contributed by atoms with Crippen molar-refractivity contribution >= 4 is 12.0 Å². The van der Waals surface area contributed by atoms with E-state index in [0.29, 0.717) is 37.1 Å². The van der Waals surface area contributed by atoms with Gasteiger partial charge in [-0.25, -0.2) is 9.48 Å². The number of amides is 2. The number of nitrogens with one attached hydrogen (secondary N) is 1. The van der Waals surface area contributed by atoms with Gasteiger partial charge in [-0.2, -0.15) is 13.2 Å². The molecule has 10 nitrogen and oxygen atoms in total. The van der Waals surface area contributed by atoms with Crippen molar-refractivity contribution in [2.24, 2.45) is 7.05 Å². The van der Waals surface area contributed by atoms with Crippen LogP contribution in [0.5, 0.6) is 5.75 Å². The van der Waals surface area contributed by atoms with E-state index in [9.17, 15) is 18.0 Å². The van der Waals surface area contributed by atoms with E-state index in [0.717, 1.165) is 37.1 Å². The zero-order valence-electron chi connectivity index (χ0n) is 20.1. The first-order valence-electron chi connectivity index (χ1n) is 11.9. The number of alkyl halides is 3. The lowest BCUT2D eigenvalue weighted by atomic mass is 9.83. The van der Waals surface area contributed by atoms with Crippen LogP contribution >= 0.6 is 0 Å². The molecule has 13 heteroatoms. The lowest BCUT2D eigenvalue weighted by Gasteiger charge is -2.38. The molecule has 4 heterocycles. The molecule has 2 fully saturated rings. The molecule has 1 spiro atoms. The van der Waals surface area contributed by atoms with Crippen LogP contribution in [-0.2, 0) is 24.6 Å². The second-order valence-corrected chi connectivity index (χ2v) is 9.33. The molecule has 1 atom stereocenters. The predicted octanol–water partition coefficient (Wildman–Crippen LogP) is 3.77. The number of pyridine rings is 1. The van der Waals surface area contributed by atoms with Crippen LogP contribution in [-0.4, -0.2) is 61.4 Å². The first-order valence-corrected chi connectivity index (χ1v) is 11.9. The van der Waals surface area contributed by atoms with E-state index in [1.807, 2.05) is 24.3 Å². The highest BCUT2D eigenvalue weighted by molar-refractivity contribution is 5.87. The fraction of sp³-hybridized carbons (Fsp3) is 0.458. The number of ether oxygens (including phenoxy) is 2. The molecule has 5 rings (SSSR count). The van der Waals surface area contributed by atoms with Crippen molar-refractivity contribution in [2.75, 3.05) is 25.0 Å². The normalized spacial score (nSPS) is 19.2. The highest BCUT2D eigenvalue weighted by atomic mass is 19.4. The van der Waals surface area contributed by atoms with Gasteiger partial charge >= 0.3 is 12.2 Å². The van der Waals surface area contributed by atoms with Gasteiger partial charge in [0.15, 0.2) is 0 Å². The van der Waals surface area contributed by atoms with Crippen molar-refractivity contribution < 1.29 is 27.4 Å². The van der Waals surface area contributed by atoms with Crippen LogP contribution in [0.25, 0.3) is 0 Å². The maximum atomic E-state index is 12.7. The number of tetrazole rings is 1. The molecular weight excluding hydrogens is 491 g/mol. The zero-order valence-corrected chi connectivity index (χ0v) is 20.1. The van der Waals surface area contributed by atoms with E-state index in [1.165, 1.54) is 10.7 Å². The van der Waals surface area contributed by atoms with Gasteiger partial charge in [-0.1, -0.05) is 17.2 Å². The van der Waals surface area contributed by atoms with Gasteiger partial charge in [-0.05, 0) is 59.5 Å². The Morgan fingerprint density at radius 1 is 1.19 bits per heavy atom. The molecule has 2 aliphatic heterocycles. The van der Waals surface area contributed by atoms with Crippen molar-refractivity contribution in [1.82, 2.24) is 30.1 Å². The number of rotatable bonds is 5. The summed E-state index contributed by atoms with van der Waals surface area (Å²) >= 11 is 0. The van der Waals surface area contributed by atoms with Gasteiger partial charge in [0.05, 0.1) is 23.5 Å². The number of aromatic nitrogens is 5. The number of carbonyl (C=O) groups is 1. The Hall–Kier alpha value is -3.74. The molecule has 0 bridgehead atoms. The van der Waals surface area contributed by atoms with Gasteiger partial charge in [0.25, 0.3) is 5.95 Å². The molecule has 2 aromatic heterocycles. The van der Waals surface area contributed by atoms with Gasteiger partial charge in [-0.15, -0.1) is 0 Å². The van der Waals surface area contributed by atoms with Gasteiger partial charge in [0, 0.05) is 32.3 Å². The minimum Gasteiger partial charge on any atom is -0.487 e. The number of halogens is 3. The zero-order chi connectivity index (χ0) is 26.0. The molecule has 2 amide bonds. The Kier molecular flexibility index (Phi) is 6.71. The number of piperidine rings is 1. The number of nitrogens with zero attached hydrogens (tertiary/aromatic N) is 6. The fourth-order valence-electron chi connectivity index (χ4n) is 4.71. The number of urea groups is 1. The molecule has 1 unspecified atom stereocenters. The lowest BCUT2D eigenvalue weighted by Crippen LogP contribution is -2.48. The summed E-state index contributed by atoms with van der Waals surface area (Å²) in [6.07, 6.45) is -1.24. The van der Waals surface area contributed by atoms with Crippen LogP contribution in [0.4, 0.5) is 23.9 Å². The van der Waals surface area contributed by atoms with E-state index in [-0.39, 0.29) is 24.2 Å².